The van der Waals surface area contributed by atoms with Gasteiger partial charge in [0.1, 0.15) is 11.6 Å². The Hall–Kier alpha value is -3.05. The van der Waals surface area contributed by atoms with Crippen LogP contribution in [0.4, 0.5) is 17.2 Å². The van der Waals surface area contributed by atoms with Crippen LogP contribution in [0.5, 0.6) is 5.75 Å². The van der Waals surface area contributed by atoms with Gasteiger partial charge >= 0.3 is 0 Å². The molecule has 0 aliphatic heterocycles. The maximum Gasteiger partial charge on any atom is 0.259 e. The summed E-state index contributed by atoms with van der Waals surface area (Å²) < 4.78 is 5.27. The average molecular weight is 368 g/mol. The lowest BCUT2D eigenvalue weighted by Gasteiger charge is -2.13. The van der Waals surface area contributed by atoms with Crippen LogP contribution < -0.4 is 15.4 Å². The van der Waals surface area contributed by atoms with Crippen molar-refractivity contribution >= 4 is 34.7 Å². The van der Waals surface area contributed by atoms with Crippen LogP contribution in [-0.2, 0) is 0 Å². The lowest BCUT2D eigenvalue weighted by atomic mass is 10.2. The number of nitrogens with one attached hydrogen (secondary N) is 2. The minimum absolute atomic E-state index is 0.311. The molecule has 1 heterocycles. The average Bonchev–Trinajstić information content (AvgIpc) is 2.62. The molecule has 2 aromatic carbocycles. The topological polar surface area (TPSA) is 63.2 Å². The molecular weight excluding hydrogens is 350 g/mol. The number of ether oxygens (including phenoxy) is 1. The van der Waals surface area contributed by atoms with Crippen molar-refractivity contribution < 1.29 is 9.53 Å². The van der Waals surface area contributed by atoms with E-state index in [1.165, 1.54) is 7.11 Å². The van der Waals surface area contributed by atoms with Crippen molar-refractivity contribution in [1.82, 2.24) is 4.98 Å². The highest BCUT2D eigenvalue weighted by molar-refractivity contribution is 6.31. The summed E-state index contributed by atoms with van der Waals surface area (Å²) in [7, 11) is 1.54. The molecule has 0 spiro atoms. The highest BCUT2D eigenvalue weighted by Gasteiger charge is 2.15. The molecule has 0 unspecified atom stereocenters. The second-order valence-corrected chi connectivity index (χ2v) is 6.13. The fourth-order valence-electron chi connectivity index (χ4n) is 2.52. The van der Waals surface area contributed by atoms with E-state index in [1.807, 2.05) is 31.2 Å². The first-order chi connectivity index (χ1) is 12.6. The lowest BCUT2D eigenvalue weighted by molar-refractivity contribution is 0.102. The van der Waals surface area contributed by atoms with Gasteiger partial charge < -0.3 is 15.4 Å². The van der Waals surface area contributed by atoms with Crippen molar-refractivity contribution in [2.45, 2.75) is 6.92 Å². The summed E-state index contributed by atoms with van der Waals surface area (Å²) in [5.74, 6) is 0.685. The molecule has 3 aromatic rings. The van der Waals surface area contributed by atoms with E-state index in [9.17, 15) is 4.79 Å². The largest absolute Gasteiger partial charge is 0.495 e. The molecule has 1 aromatic heterocycles. The Morgan fingerprint density at radius 3 is 2.73 bits per heavy atom. The number of hydrogen-bond acceptors (Lipinski definition) is 4. The van der Waals surface area contributed by atoms with Gasteiger partial charge in [0.15, 0.2) is 0 Å². The van der Waals surface area contributed by atoms with Gasteiger partial charge in [0.25, 0.3) is 5.91 Å². The zero-order valence-electron chi connectivity index (χ0n) is 14.4. The number of benzene rings is 2. The van der Waals surface area contributed by atoms with Gasteiger partial charge in [-0.25, -0.2) is 4.98 Å². The van der Waals surface area contributed by atoms with Gasteiger partial charge in [-0.05, 0) is 55.0 Å². The molecule has 5 nitrogen and oxygen atoms in total. The quantitative estimate of drug-likeness (QED) is 0.662. The molecular formula is C20H18ClN3O2. The van der Waals surface area contributed by atoms with E-state index in [4.69, 9.17) is 16.3 Å². The maximum atomic E-state index is 12.8. The summed E-state index contributed by atoms with van der Waals surface area (Å²) in [4.78, 5) is 17.1. The van der Waals surface area contributed by atoms with Crippen LogP contribution in [0.3, 0.4) is 0 Å². The summed E-state index contributed by atoms with van der Waals surface area (Å²) in [6.45, 7) is 2.00. The summed E-state index contributed by atoms with van der Waals surface area (Å²) >= 11 is 6.03. The monoisotopic (exact) mass is 367 g/mol. The van der Waals surface area contributed by atoms with Crippen LogP contribution in [0, 0.1) is 6.92 Å². The number of hydrogen-bond donors (Lipinski definition) is 2. The van der Waals surface area contributed by atoms with Gasteiger partial charge in [-0.2, -0.15) is 0 Å². The van der Waals surface area contributed by atoms with Crippen molar-refractivity contribution in [3.63, 3.8) is 0 Å². The molecule has 0 radical (unpaired) electrons. The Kier molecular flexibility index (Phi) is 5.39. The van der Waals surface area contributed by atoms with E-state index in [1.54, 1.807) is 36.5 Å². The van der Waals surface area contributed by atoms with Gasteiger partial charge in [-0.15, -0.1) is 0 Å². The Morgan fingerprint density at radius 1 is 1.12 bits per heavy atom. The first-order valence-corrected chi connectivity index (χ1v) is 8.38. The number of carbonyl (C=O) groups is 1. The summed E-state index contributed by atoms with van der Waals surface area (Å²) in [6, 6.07) is 16.3. The number of anilines is 3. The molecule has 26 heavy (non-hydrogen) atoms. The van der Waals surface area contributed by atoms with E-state index in [0.29, 0.717) is 27.8 Å². The number of rotatable bonds is 5. The van der Waals surface area contributed by atoms with Crippen LogP contribution in [0.2, 0.25) is 5.02 Å². The number of carbonyl (C=O) groups excluding carboxylic acids is 1. The van der Waals surface area contributed by atoms with Crippen molar-refractivity contribution in [2.24, 2.45) is 0 Å². The number of aryl methyl sites for hydroxylation is 1. The van der Waals surface area contributed by atoms with Crippen LogP contribution in [0.15, 0.2) is 60.8 Å². The van der Waals surface area contributed by atoms with Crippen molar-refractivity contribution in [1.29, 1.82) is 0 Å². The van der Waals surface area contributed by atoms with Gasteiger partial charge in [0.05, 0.1) is 18.4 Å². The Labute approximate surface area is 157 Å². The second kappa shape index (κ2) is 7.89. The first-order valence-electron chi connectivity index (χ1n) is 8.00. The van der Waals surface area contributed by atoms with E-state index in [-0.39, 0.29) is 5.91 Å². The highest BCUT2D eigenvalue weighted by Crippen LogP contribution is 2.29. The third kappa shape index (κ3) is 4.13. The number of aromatic nitrogens is 1. The fraction of sp³-hybridized carbons (Fsp3) is 0.100. The third-order valence-electron chi connectivity index (χ3n) is 3.74. The molecule has 0 fully saturated rings. The molecule has 0 atom stereocenters. The highest BCUT2D eigenvalue weighted by atomic mass is 35.5. The molecule has 6 heteroatoms. The van der Waals surface area contributed by atoms with E-state index >= 15 is 0 Å². The zero-order chi connectivity index (χ0) is 18.5. The summed E-state index contributed by atoms with van der Waals surface area (Å²) in [5, 5.41) is 6.52. The Balaban J connectivity index is 1.88. The minimum Gasteiger partial charge on any atom is -0.495 e. The van der Waals surface area contributed by atoms with Gasteiger partial charge in [-0.3, -0.25) is 4.79 Å². The molecule has 0 aliphatic rings. The van der Waals surface area contributed by atoms with Crippen LogP contribution in [0.25, 0.3) is 0 Å². The third-order valence-corrected chi connectivity index (χ3v) is 3.98. The smallest absolute Gasteiger partial charge is 0.259 e. The van der Waals surface area contributed by atoms with Crippen molar-refractivity contribution in [2.75, 3.05) is 17.7 Å². The van der Waals surface area contributed by atoms with Gasteiger partial charge in [0.2, 0.25) is 0 Å². The van der Waals surface area contributed by atoms with E-state index in [2.05, 4.69) is 15.6 Å². The Morgan fingerprint density at radius 2 is 1.96 bits per heavy atom. The van der Waals surface area contributed by atoms with Crippen LogP contribution in [-0.4, -0.2) is 18.0 Å². The molecule has 0 saturated heterocycles. The number of nitrogens with zero attached hydrogens (tertiary/aromatic N) is 1. The van der Waals surface area contributed by atoms with Crippen LogP contribution in [0.1, 0.15) is 15.9 Å². The number of amides is 1. The van der Waals surface area contributed by atoms with Gasteiger partial charge in [0, 0.05) is 16.9 Å². The SMILES string of the molecule is COc1ccc(Cl)cc1NC(=O)c1cccnc1Nc1cccc(C)c1. The predicted octanol–water partition coefficient (Wildman–Crippen LogP) is 5.05. The molecule has 0 bridgehead atoms. The predicted molar refractivity (Wildman–Crippen MR) is 105 cm³/mol. The lowest BCUT2D eigenvalue weighted by Crippen LogP contribution is -2.15. The first kappa shape index (κ1) is 17.8. The minimum atomic E-state index is -0.311. The zero-order valence-corrected chi connectivity index (χ0v) is 15.2. The summed E-state index contributed by atoms with van der Waals surface area (Å²) in [6.07, 6.45) is 1.63. The van der Waals surface area contributed by atoms with E-state index < -0.39 is 0 Å². The molecule has 0 aliphatic carbocycles. The Bertz CT molecular complexity index is 944. The van der Waals surface area contributed by atoms with Crippen molar-refractivity contribution in [3.05, 3.63) is 76.9 Å². The summed E-state index contributed by atoms with van der Waals surface area (Å²) in [5.41, 5.74) is 2.88. The van der Waals surface area contributed by atoms with Gasteiger partial charge in [-0.1, -0.05) is 23.7 Å². The molecule has 2 N–H and O–H groups in total. The molecule has 3 rings (SSSR count). The molecule has 0 saturated carbocycles. The fourth-order valence-corrected chi connectivity index (χ4v) is 2.69. The number of halogens is 1. The van der Waals surface area contributed by atoms with Crippen molar-refractivity contribution in [3.8, 4) is 5.75 Å². The maximum absolute atomic E-state index is 12.8. The normalized spacial score (nSPS) is 10.3. The van der Waals surface area contributed by atoms with Crippen LogP contribution >= 0.6 is 11.6 Å². The molecule has 1 amide bonds. The van der Waals surface area contributed by atoms with E-state index in [0.717, 1.165) is 11.3 Å². The number of methoxy groups -OCH3 is 1. The standard InChI is InChI=1S/C20H18ClN3O2/c1-13-5-3-6-15(11-13)23-19-16(7-4-10-22-19)20(25)24-17-12-14(21)8-9-18(17)26-2/h3-12H,1-2H3,(H,22,23)(H,24,25). The molecule has 132 valence electrons. The number of pyridine rings is 1. The second-order valence-electron chi connectivity index (χ2n) is 5.69.